The van der Waals surface area contributed by atoms with Crippen LogP contribution in [0.1, 0.15) is 33.2 Å². The molecule has 0 spiro atoms. The Labute approximate surface area is 147 Å². The molecule has 25 heavy (non-hydrogen) atoms. The minimum absolute atomic E-state index is 0.0228. The maximum absolute atomic E-state index is 12.4. The number of anilines is 1. The van der Waals surface area contributed by atoms with Crippen molar-refractivity contribution in [2.75, 3.05) is 31.6 Å². The molecule has 1 N–H and O–H groups in total. The first-order valence-electron chi connectivity index (χ1n) is 8.55. The van der Waals surface area contributed by atoms with Gasteiger partial charge < -0.3 is 15.0 Å². The zero-order valence-electron chi connectivity index (χ0n) is 14.3. The van der Waals surface area contributed by atoms with Crippen LogP contribution in [0.25, 0.3) is 0 Å². The molecule has 1 heterocycles. The lowest BCUT2D eigenvalue weighted by atomic mass is 10.1. The van der Waals surface area contributed by atoms with Gasteiger partial charge in [-0.3, -0.25) is 9.59 Å². The van der Waals surface area contributed by atoms with Gasteiger partial charge in [0.15, 0.2) is 0 Å². The maximum atomic E-state index is 12.4. The van der Waals surface area contributed by atoms with Gasteiger partial charge in [-0.15, -0.1) is 0 Å². The lowest BCUT2D eigenvalue weighted by molar-refractivity contribution is 0.0303. The summed E-state index contributed by atoms with van der Waals surface area (Å²) in [5.74, 6) is -0.208. The monoisotopic (exact) mass is 338 g/mol. The van der Waals surface area contributed by atoms with Gasteiger partial charge in [0.2, 0.25) is 0 Å². The second-order valence-corrected chi connectivity index (χ2v) is 5.99. The Morgan fingerprint density at radius 3 is 2.16 bits per heavy atom. The van der Waals surface area contributed by atoms with Crippen LogP contribution in [0, 0.1) is 0 Å². The first kappa shape index (κ1) is 17.2. The molecule has 0 unspecified atom stereocenters. The van der Waals surface area contributed by atoms with E-state index < -0.39 is 0 Å². The third kappa shape index (κ3) is 4.25. The number of rotatable bonds is 4. The molecule has 1 fully saturated rings. The number of hydrogen-bond acceptors (Lipinski definition) is 3. The molecule has 0 atom stereocenters. The lowest BCUT2D eigenvalue weighted by Crippen LogP contribution is -2.40. The van der Waals surface area contributed by atoms with Gasteiger partial charge in [0.25, 0.3) is 11.8 Å². The molecule has 0 bridgehead atoms. The first-order valence-corrected chi connectivity index (χ1v) is 8.55. The van der Waals surface area contributed by atoms with Crippen molar-refractivity contribution in [3.63, 3.8) is 0 Å². The summed E-state index contributed by atoms with van der Waals surface area (Å²) < 4.78 is 5.26. The summed E-state index contributed by atoms with van der Waals surface area (Å²) in [7, 11) is 0. The highest BCUT2D eigenvalue weighted by Gasteiger charge is 2.18. The second kappa shape index (κ2) is 7.94. The highest BCUT2D eigenvalue weighted by Crippen LogP contribution is 2.13. The summed E-state index contributed by atoms with van der Waals surface area (Å²) in [4.78, 5) is 26.5. The number of benzene rings is 2. The van der Waals surface area contributed by atoms with Crippen molar-refractivity contribution in [2.24, 2.45) is 0 Å². The molecular weight excluding hydrogens is 316 g/mol. The molecule has 0 radical (unpaired) electrons. The SMILES string of the molecule is CCc1ccc(NC(=O)c2ccc(C(=O)N3CCOCC3)cc2)cc1. The molecule has 2 aromatic rings. The van der Waals surface area contributed by atoms with E-state index in [1.54, 1.807) is 29.2 Å². The third-order valence-electron chi connectivity index (χ3n) is 4.31. The number of aryl methyl sites for hydroxylation is 1. The fraction of sp³-hybridized carbons (Fsp3) is 0.300. The second-order valence-electron chi connectivity index (χ2n) is 5.99. The zero-order valence-corrected chi connectivity index (χ0v) is 14.3. The summed E-state index contributed by atoms with van der Waals surface area (Å²) in [5.41, 5.74) is 3.10. The van der Waals surface area contributed by atoms with Gasteiger partial charge in [-0.05, 0) is 48.4 Å². The minimum atomic E-state index is -0.186. The summed E-state index contributed by atoms with van der Waals surface area (Å²) >= 11 is 0. The van der Waals surface area contributed by atoms with Crippen LogP contribution in [0.3, 0.4) is 0 Å². The highest BCUT2D eigenvalue weighted by molar-refractivity contribution is 6.05. The first-order chi connectivity index (χ1) is 12.2. The van der Waals surface area contributed by atoms with Crippen LogP contribution in [0.15, 0.2) is 48.5 Å². The molecule has 0 aromatic heterocycles. The van der Waals surface area contributed by atoms with E-state index in [-0.39, 0.29) is 11.8 Å². The molecule has 130 valence electrons. The molecule has 1 saturated heterocycles. The molecule has 0 saturated carbocycles. The summed E-state index contributed by atoms with van der Waals surface area (Å²) in [6.45, 7) is 4.45. The minimum Gasteiger partial charge on any atom is -0.378 e. The van der Waals surface area contributed by atoms with E-state index in [0.29, 0.717) is 37.4 Å². The normalized spacial score (nSPS) is 14.2. The average molecular weight is 338 g/mol. The van der Waals surface area contributed by atoms with Crippen LogP contribution in [0.2, 0.25) is 0 Å². The Bertz CT molecular complexity index is 733. The largest absolute Gasteiger partial charge is 0.378 e. The van der Waals surface area contributed by atoms with Gasteiger partial charge in [-0.2, -0.15) is 0 Å². The third-order valence-corrected chi connectivity index (χ3v) is 4.31. The van der Waals surface area contributed by atoms with Crippen molar-refractivity contribution in [3.05, 3.63) is 65.2 Å². The van der Waals surface area contributed by atoms with Crippen LogP contribution < -0.4 is 5.32 Å². The fourth-order valence-electron chi connectivity index (χ4n) is 2.74. The van der Waals surface area contributed by atoms with E-state index in [9.17, 15) is 9.59 Å². The molecule has 3 rings (SSSR count). The quantitative estimate of drug-likeness (QED) is 0.932. The Kier molecular flexibility index (Phi) is 5.46. The number of carbonyl (C=O) groups excluding carboxylic acids is 2. The molecule has 2 amide bonds. The smallest absolute Gasteiger partial charge is 0.255 e. The average Bonchev–Trinajstić information content (AvgIpc) is 2.69. The molecule has 2 aromatic carbocycles. The van der Waals surface area contributed by atoms with Gasteiger partial charge in [-0.25, -0.2) is 0 Å². The molecule has 1 aliphatic rings. The number of amides is 2. The van der Waals surface area contributed by atoms with Crippen molar-refractivity contribution in [1.82, 2.24) is 4.90 Å². The highest BCUT2D eigenvalue weighted by atomic mass is 16.5. The Morgan fingerprint density at radius 2 is 1.56 bits per heavy atom. The predicted octanol–water partition coefficient (Wildman–Crippen LogP) is 2.97. The van der Waals surface area contributed by atoms with Gasteiger partial charge in [0.05, 0.1) is 13.2 Å². The van der Waals surface area contributed by atoms with Crippen LogP contribution in [-0.4, -0.2) is 43.0 Å². The Hall–Kier alpha value is -2.66. The number of nitrogens with one attached hydrogen (secondary N) is 1. The van der Waals surface area contributed by atoms with Gasteiger partial charge in [0, 0.05) is 29.9 Å². The zero-order chi connectivity index (χ0) is 17.6. The van der Waals surface area contributed by atoms with E-state index in [4.69, 9.17) is 4.74 Å². The molecule has 1 aliphatic heterocycles. The predicted molar refractivity (Wildman–Crippen MR) is 96.9 cm³/mol. The number of nitrogens with zero attached hydrogens (tertiary/aromatic N) is 1. The van der Waals surface area contributed by atoms with E-state index >= 15 is 0 Å². The molecule has 0 aliphatic carbocycles. The van der Waals surface area contributed by atoms with Gasteiger partial charge in [0.1, 0.15) is 0 Å². The van der Waals surface area contributed by atoms with E-state index in [1.807, 2.05) is 24.3 Å². The van der Waals surface area contributed by atoms with Gasteiger partial charge in [-0.1, -0.05) is 19.1 Å². The summed E-state index contributed by atoms with van der Waals surface area (Å²) in [6, 6.07) is 14.6. The Morgan fingerprint density at radius 1 is 0.960 bits per heavy atom. The summed E-state index contributed by atoms with van der Waals surface area (Å²) in [6.07, 6.45) is 0.965. The van der Waals surface area contributed by atoms with E-state index in [0.717, 1.165) is 12.1 Å². The number of ether oxygens (including phenoxy) is 1. The van der Waals surface area contributed by atoms with Crippen molar-refractivity contribution in [1.29, 1.82) is 0 Å². The number of carbonyl (C=O) groups is 2. The topological polar surface area (TPSA) is 58.6 Å². The van der Waals surface area contributed by atoms with Crippen LogP contribution in [0.5, 0.6) is 0 Å². The van der Waals surface area contributed by atoms with Crippen molar-refractivity contribution in [2.45, 2.75) is 13.3 Å². The van der Waals surface area contributed by atoms with Crippen LogP contribution >= 0.6 is 0 Å². The molecule has 5 heteroatoms. The van der Waals surface area contributed by atoms with Crippen LogP contribution in [-0.2, 0) is 11.2 Å². The number of hydrogen-bond donors (Lipinski definition) is 1. The summed E-state index contributed by atoms with van der Waals surface area (Å²) in [5, 5.41) is 2.87. The van der Waals surface area contributed by atoms with Crippen LogP contribution in [0.4, 0.5) is 5.69 Å². The van der Waals surface area contributed by atoms with Crippen molar-refractivity contribution >= 4 is 17.5 Å². The Balaban J connectivity index is 1.64. The fourth-order valence-corrected chi connectivity index (χ4v) is 2.74. The van der Waals surface area contributed by atoms with Gasteiger partial charge >= 0.3 is 0 Å². The van der Waals surface area contributed by atoms with Crippen molar-refractivity contribution < 1.29 is 14.3 Å². The standard InChI is InChI=1S/C20H22N2O3/c1-2-15-3-9-18(10-4-15)21-19(23)16-5-7-17(8-6-16)20(24)22-11-13-25-14-12-22/h3-10H,2,11-14H2,1H3,(H,21,23). The molecular formula is C20H22N2O3. The molecule has 5 nitrogen and oxygen atoms in total. The van der Waals surface area contributed by atoms with Crippen molar-refractivity contribution in [3.8, 4) is 0 Å². The maximum Gasteiger partial charge on any atom is 0.255 e. The number of morpholine rings is 1. The van der Waals surface area contributed by atoms with E-state index in [1.165, 1.54) is 5.56 Å². The van der Waals surface area contributed by atoms with E-state index in [2.05, 4.69) is 12.2 Å². The lowest BCUT2D eigenvalue weighted by Gasteiger charge is -2.26.